The highest BCUT2D eigenvalue weighted by Crippen LogP contribution is 2.20. The summed E-state index contributed by atoms with van der Waals surface area (Å²) in [4.78, 5) is 26.4. The molecule has 0 aliphatic rings. The Labute approximate surface area is 168 Å². The Hall–Kier alpha value is -2.05. The summed E-state index contributed by atoms with van der Waals surface area (Å²) >= 11 is 7.64. The van der Waals surface area contributed by atoms with Gasteiger partial charge in [-0.15, -0.1) is 11.8 Å². The molecule has 0 unspecified atom stereocenters. The number of nitrogens with one attached hydrogen (secondary N) is 1. The molecule has 0 radical (unpaired) electrons. The van der Waals surface area contributed by atoms with E-state index in [9.17, 15) is 14.0 Å². The summed E-state index contributed by atoms with van der Waals surface area (Å²) in [7, 11) is 1.54. The Morgan fingerprint density at radius 1 is 1.19 bits per heavy atom. The van der Waals surface area contributed by atoms with Crippen LogP contribution in [-0.2, 0) is 21.9 Å². The molecular formula is C20H22ClFN2O2S. The van der Waals surface area contributed by atoms with Crippen molar-refractivity contribution >= 4 is 35.2 Å². The van der Waals surface area contributed by atoms with Crippen molar-refractivity contribution < 1.29 is 14.0 Å². The van der Waals surface area contributed by atoms with Crippen LogP contribution >= 0.6 is 23.4 Å². The van der Waals surface area contributed by atoms with Crippen LogP contribution < -0.4 is 5.32 Å². The first-order chi connectivity index (χ1) is 12.9. The van der Waals surface area contributed by atoms with Crippen molar-refractivity contribution in [2.24, 2.45) is 0 Å². The van der Waals surface area contributed by atoms with Crippen LogP contribution in [0.5, 0.6) is 0 Å². The van der Waals surface area contributed by atoms with Crippen LogP contribution in [-0.4, -0.2) is 35.6 Å². The minimum Gasteiger partial charge on any atom is -0.357 e. The van der Waals surface area contributed by atoms with Gasteiger partial charge in [-0.1, -0.05) is 41.9 Å². The maximum atomic E-state index is 13.0. The highest BCUT2D eigenvalue weighted by molar-refractivity contribution is 7.99. The van der Waals surface area contributed by atoms with Gasteiger partial charge in [0.2, 0.25) is 11.8 Å². The molecule has 0 aromatic heterocycles. The Morgan fingerprint density at radius 2 is 1.85 bits per heavy atom. The molecule has 2 rings (SSSR count). The monoisotopic (exact) mass is 408 g/mol. The normalized spacial score (nSPS) is 11.7. The zero-order valence-electron chi connectivity index (χ0n) is 15.2. The van der Waals surface area contributed by atoms with Crippen LogP contribution in [0.2, 0.25) is 5.02 Å². The predicted octanol–water partition coefficient (Wildman–Crippen LogP) is 3.88. The van der Waals surface area contributed by atoms with Crippen LogP contribution in [0, 0.1) is 5.82 Å². The summed E-state index contributed by atoms with van der Waals surface area (Å²) in [5.41, 5.74) is 1.72. The van der Waals surface area contributed by atoms with Gasteiger partial charge in [-0.2, -0.15) is 0 Å². The summed E-state index contributed by atoms with van der Waals surface area (Å²) in [5.74, 6) is 0.117. The first-order valence-electron chi connectivity index (χ1n) is 8.49. The quantitative estimate of drug-likeness (QED) is 0.721. The standard InChI is InChI=1S/C20H22ClFN2O2S/c1-14(20(26)23-2)24(11-16-5-3-4-6-18(16)21)19(25)13-27-12-15-7-9-17(22)10-8-15/h3-10,14H,11-13H2,1-2H3,(H,23,26)/t14-/m0/s1. The SMILES string of the molecule is CNC(=O)[C@H](C)N(Cc1ccccc1Cl)C(=O)CSCc1ccc(F)cc1. The molecular weight excluding hydrogens is 387 g/mol. The number of amides is 2. The number of hydrogen-bond acceptors (Lipinski definition) is 3. The van der Waals surface area contributed by atoms with Crippen LogP contribution in [0.15, 0.2) is 48.5 Å². The van der Waals surface area contributed by atoms with Gasteiger partial charge < -0.3 is 10.2 Å². The summed E-state index contributed by atoms with van der Waals surface area (Å²) in [6, 6.07) is 12.8. The van der Waals surface area contributed by atoms with Crippen LogP contribution in [0.4, 0.5) is 4.39 Å². The highest BCUT2D eigenvalue weighted by Gasteiger charge is 2.25. The minimum atomic E-state index is -0.620. The lowest BCUT2D eigenvalue weighted by Gasteiger charge is -2.28. The summed E-state index contributed by atoms with van der Waals surface area (Å²) < 4.78 is 13.0. The zero-order valence-corrected chi connectivity index (χ0v) is 16.8. The Kier molecular flexibility index (Phi) is 8.13. The van der Waals surface area contributed by atoms with E-state index < -0.39 is 6.04 Å². The number of carbonyl (C=O) groups excluding carboxylic acids is 2. The van der Waals surface area contributed by atoms with E-state index in [0.29, 0.717) is 10.8 Å². The number of carbonyl (C=O) groups is 2. The van der Waals surface area contributed by atoms with E-state index in [2.05, 4.69) is 5.32 Å². The summed E-state index contributed by atoms with van der Waals surface area (Å²) in [6.07, 6.45) is 0. The van der Waals surface area contributed by atoms with E-state index in [4.69, 9.17) is 11.6 Å². The number of benzene rings is 2. The molecule has 0 aliphatic carbocycles. The Bertz CT molecular complexity index is 786. The molecule has 27 heavy (non-hydrogen) atoms. The van der Waals surface area contributed by atoms with E-state index in [1.807, 2.05) is 18.2 Å². The summed E-state index contributed by atoms with van der Waals surface area (Å²) in [5, 5.41) is 3.13. The fourth-order valence-corrected chi connectivity index (χ4v) is 3.59. The molecule has 0 bridgehead atoms. The second-order valence-corrected chi connectivity index (χ2v) is 7.42. The molecule has 0 saturated heterocycles. The van der Waals surface area contributed by atoms with Crippen LogP contribution in [0.25, 0.3) is 0 Å². The second kappa shape index (κ2) is 10.3. The predicted molar refractivity (Wildman–Crippen MR) is 108 cm³/mol. The van der Waals surface area contributed by atoms with Crippen molar-refractivity contribution in [2.75, 3.05) is 12.8 Å². The molecule has 1 atom stereocenters. The molecule has 7 heteroatoms. The van der Waals surface area contributed by atoms with Gasteiger partial charge >= 0.3 is 0 Å². The third kappa shape index (κ3) is 6.26. The van der Waals surface area contributed by atoms with E-state index in [1.54, 1.807) is 32.2 Å². The Morgan fingerprint density at radius 3 is 2.48 bits per heavy atom. The fraction of sp³-hybridized carbons (Fsp3) is 0.300. The van der Waals surface area contributed by atoms with Crippen LogP contribution in [0.1, 0.15) is 18.1 Å². The molecule has 0 aliphatic heterocycles. The van der Waals surface area contributed by atoms with Crippen molar-refractivity contribution in [3.8, 4) is 0 Å². The maximum Gasteiger partial charge on any atom is 0.242 e. The highest BCUT2D eigenvalue weighted by atomic mass is 35.5. The lowest BCUT2D eigenvalue weighted by Crippen LogP contribution is -2.47. The molecule has 4 nitrogen and oxygen atoms in total. The van der Waals surface area contributed by atoms with Crippen molar-refractivity contribution in [1.82, 2.24) is 10.2 Å². The zero-order chi connectivity index (χ0) is 19.8. The lowest BCUT2D eigenvalue weighted by molar-refractivity contribution is -0.138. The number of thioether (sulfide) groups is 1. The van der Waals surface area contributed by atoms with Crippen LogP contribution in [0.3, 0.4) is 0 Å². The largest absolute Gasteiger partial charge is 0.357 e. The molecule has 0 fully saturated rings. The molecule has 0 spiro atoms. The number of nitrogens with zero attached hydrogens (tertiary/aromatic N) is 1. The smallest absolute Gasteiger partial charge is 0.242 e. The van der Waals surface area contributed by atoms with Crippen molar-refractivity contribution in [3.63, 3.8) is 0 Å². The third-order valence-corrected chi connectivity index (χ3v) is 5.48. The third-order valence-electron chi connectivity index (χ3n) is 4.12. The first-order valence-corrected chi connectivity index (χ1v) is 10.0. The number of rotatable bonds is 8. The van der Waals surface area contributed by atoms with Gasteiger partial charge in [0.15, 0.2) is 0 Å². The van der Waals surface area contributed by atoms with Gasteiger partial charge in [0.25, 0.3) is 0 Å². The van der Waals surface area contributed by atoms with Crippen molar-refractivity contribution in [3.05, 3.63) is 70.5 Å². The van der Waals surface area contributed by atoms with Gasteiger partial charge in [-0.3, -0.25) is 9.59 Å². The average molecular weight is 409 g/mol. The summed E-state index contributed by atoms with van der Waals surface area (Å²) in [6.45, 7) is 1.95. The molecule has 1 N–H and O–H groups in total. The van der Waals surface area contributed by atoms with Gasteiger partial charge in [0.05, 0.1) is 5.75 Å². The van der Waals surface area contributed by atoms with E-state index >= 15 is 0 Å². The number of likely N-dealkylation sites (N-methyl/N-ethyl adjacent to an activating group) is 1. The lowest BCUT2D eigenvalue weighted by atomic mass is 10.1. The van der Waals surface area contributed by atoms with E-state index in [0.717, 1.165) is 11.1 Å². The molecule has 0 saturated carbocycles. The van der Waals surface area contributed by atoms with Crippen molar-refractivity contribution in [2.45, 2.75) is 25.3 Å². The van der Waals surface area contributed by atoms with Gasteiger partial charge in [0, 0.05) is 24.4 Å². The average Bonchev–Trinajstić information content (AvgIpc) is 2.67. The fourth-order valence-electron chi connectivity index (χ4n) is 2.52. The van der Waals surface area contributed by atoms with Gasteiger partial charge in [0.1, 0.15) is 11.9 Å². The molecule has 2 amide bonds. The second-order valence-electron chi connectivity index (χ2n) is 6.02. The van der Waals surface area contributed by atoms with Gasteiger partial charge in [-0.25, -0.2) is 4.39 Å². The first kappa shape index (κ1) is 21.3. The molecule has 2 aromatic carbocycles. The minimum absolute atomic E-state index is 0.155. The maximum absolute atomic E-state index is 13.0. The Balaban J connectivity index is 2.04. The molecule has 0 heterocycles. The topological polar surface area (TPSA) is 49.4 Å². The molecule has 144 valence electrons. The number of halogens is 2. The van der Waals surface area contributed by atoms with Gasteiger partial charge in [-0.05, 0) is 36.2 Å². The van der Waals surface area contributed by atoms with E-state index in [-0.39, 0.29) is 29.9 Å². The van der Waals surface area contributed by atoms with E-state index in [1.165, 1.54) is 28.8 Å². The molecule has 2 aromatic rings. The van der Waals surface area contributed by atoms with Crippen molar-refractivity contribution in [1.29, 1.82) is 0 Å². The number of hydrogen-bond donors (Lipinski definition) is 1.